The van der Waals surface area contributed by atoms with E-state index in [-0.39, 0.29) is 0 Å². The molecule has 204 valence electrons. The fraction of sp³-hybridized carbons (Fsp3) is 0. The lowest BCUT2D eigenvalue weighted by atomic mass is 9.92. The largest absolute Gasteiger partial charge is 0.457 e. The molecule has 8 aromatic rings. The third-order valence-electron chi connectivity index (χ3n) is 9.98. The van der Waals surface area contributed by atoms with E-state index in [9.17, 15) is 0 Å². The van der Waals surface area contributed by atoms with Crippen molar-refractivity contribution in [2.75, 3.05) is 4.90 Å². The summed E-state index contributed by atoms with van der Waals surface area (Å²) in [6.07, 6.45) is 0. The van der Waals surface area contributed by atoms with Crippen molar-refractivity contribution < 1.29 is 9.47 Å². The number of hydrogen-bond acceptors (Lipinski definition) is 3. The van der Waals surface area contributed by atoms with E-state index in [1.54, 1.807) is 0 Å². The van der Waals surface area contributed by atoms with Crippen LogP contribution in [0.5, 0.6) is 23.0 Å². The maximum absolute atomic E-state index is 7.17. The van der Waals surface area contributed by atoms with E-state index >= 15 is 0 Å². The number of anilines is 3. The van der Waals surface area contributed by atoms with E-state index in [1.807, 2.05) is 0 Å². The molecule has 3 nitrogen and oxygen atoms in total. The normalized spacial score (nSPS) is 17.0. The van der Waals surface area contributed by atoms with Crippen molar-refractivity contribution in [1.82, 2.24) is 0 Å². The average Bonchev–Trinajstić information content (AvgIpc) is 3.08. The highest BCUT2D eigenvalue weighted by atomic mass is 28.3. The van der Waals surface area contributed by atoms with Crippen LogP contribution in [0.1, 0.15) is 0 Å². The highest BCUT2D eigenvalue weighted by molar-refractivity contribution is 7.23. The molecular formula is C40H23NO2Si. The number of ether oxygens (including phenoxy) is 2. The molecule has 0 spiro atoms. The molecule has 0 aliphatic carbocycles. The standard InChI is InChI=1S/C40H23NO2Si/c1-3-12-26(13-4-1)41-30-16-8-17-31-38(30)44(27-14-5-2-6-15-27)39-32(42-31)18-9-19-33(39)43-37-29-23-21-25-11-7-10-24-20-22-28(35(29)34(24)25)36(41)40(37)44/h1-23H. The summed E-state index contributed by atoms with van der Waals surface area (Å²) >= 11 is 0. The second-order valence-corrected chi connectivity index (χ2v) is 15.6. The summed E-state index contributed by atoms with van der Waals surface area (Å²) in [5, 5.41) is 12.6. The molecule has 0 fully saturated rings. The van der Waals surface area contributed by atoms with Gasteiger partial charge in [-0.1, -0.05) is 97.1 Å². The molecule has 0 amide bonds. The smallest absolute Gasteiger partial charge is 0.202 e. The lowest BCUT2D eigenvalue weighted by Gasteiger charge is -2.50. The van der Waals surface area contributed by atoms with E-state index in [2.05, 4.69) is 144 Å². The molecule has 0 N–H and O–H groups in total. The summed E-state index contributed by atoms with van der Waals surface area (Å²) in [6, 6.07) is 50.7. The van der Waals surface area contributed by atoms with Gasteiger partial charge in [0.1, 0.15) is 23.0 Å². The number of hydrogen-bond donors (Lipinski definition) is 0. The van der Waals surface area contributed by atoms with E-state index in [0.717, 1.165) is 28.7 Å². The van der Waals surface area contributed by atoms with Gasteiger partial charge in [0.2, 0.25) is 8.07 Å². The van der Waals surface area contributed by atoms with Crippen LogP contribution in [0.15, 0.2) is 140 Å². The third kappa shape index (κ3) is 2.53. The van der Waals surface area contributed by atoms with Gasteiger partial charge in [0.05, 0.1) is 11.4 Å². The molecule has 11 rings (SSSR count). The summed E-state index contributed by atoms with van der Waals surface area (Å²) in [5.41, 5.74) is 3.53. The van der Waals surface area contributed by atoms with Crippen LogP contribution in [0.25, 0.3) is 32.3 Å². The van der Waals surface area contributed by atoms with Crippen molar-refractivity contribution in [3.05, 3.63) is 140 Å². The molecule has 1 atom stereocenters. The molecule has 3 aliphatic heterocycles. The minimum absolute atomic E-state index is 0.900. The minimum atomic E-state index is -2.94. The molecule has 0 radical (unpaired) electrons. The highest BCUT2D eigenvalue weighted by Gasteiger charge is 2.59. The summed E-state index contributed by atoms with van der Waals surface area (Å²) in [5.74, 6) is 3.72. The first kappa shape index (κ1) is 22.9. The van der Waals surface area contributed by atoms with Crippen molar-refractivity contribution in [1.29, 1.82) is 0 Å². The van der Waals surface area contributed by atoms with E-state index in [4.69, 9.17) is 9.47 Å². The van der Waals surface area contributed by atoms with Crippen molar-refractivity contribution in [2.45, 2.75) is 0 Å². The van der Waals surface area contributed by atoms with Crippen LogP contribution in [-0.2, 0) is 0 Å². The molecule has 3 aliphatic rings. The first-order valence-corrected chi connectivity index (χ1v) is 17.1. The predicted octanol–water partition coefficient (Wildman–Crippen LogP) is 7.96. The van der Waals surface area contributed by atoms with Gasteiger partial charge < -0.3 is 14.4 Å². The molecule has 1 unspecified atom stereocenters. The van der Waals surface area contributed by atoms with E-state index < -0.39 is 8.07 Å². The Labute approximate surface area is 254 Å². The number of benzene rings is 8. The van der Waals surface area contributed by atoms with Crippen LogP contribution in [0.2, 0.25) is 0 Å². The van der Waals surface area contributed by atoms with Crippen LogP contribution in [0, 0.1) is 0 Å². The van der Waals surface area contributed by atoms with E-state index in [0.29, 0.717) is 0 Å². The number of fused-ring (bicyclic) bond motifs is 2. The van der Waals surface area contributed by atoms with Gasteiger partial charge >= 0.3 is 0 Å². The summed E-state index contributed by atoms with van der Waals surface area (Å²) in [4.78, 5) is 2.48. The fourth-order valence-electron chi connectivity index (χ4n) is 8.44. The maximum Gasteiger partial charge on any atom is 0.202 e. The van der Waals surface area contributed by atoms with Crippen molar-refractivity contribution in [3.8, 4) is 23.0 Å². The van der Waals surface area contributed by atoms with Crippen molar-refractivity contribution >= 4 is 78.2 Å². The first-order chi connectivity index (χ1) is 21.8. The number of rotatable bonds is 2. The highest BCUT2D eigenvalue weighted by Crippen LogP contribution is 2.53. The Morgan fingerprint density at radius 3 is 1.86 bits per heavy atom. The second kappa shape index (κ2) is 7.87. The van der Waals surface area contributed by atoms with Gasteiger partial charge in [0.15, 0.2) is 0 Å². The zero-order valence-corrected chi connectivity index (χ0v) is 24.5. The Morgan fingerprint density at radius 2 is 1.09 bits per heavy atom. The van der Waals surface area contributed by atoms with Crippen molar-refractivity contribution in [3.63, 3.8) is 0 Å². The van der Waals surface area contributed by atoms with Gasteiger partial charge in [-0.2, -0.15) is 0 Å². The van der Waals surface area contributed by atoms with Gasteiger partial charge in [0, 0.05) is 37.4 Å². The van der Waals surface area contributed by atoms with Crippen LogP contribution >= 0.6 is 0 Å². The third-order valence-corrected chi connectivity index (χ3v) is 14.9. The Kier molecular flexibility index (Phi) is 4.10. The molecule has 0 bridgehead atoms. The van der Waals surface area contributed by atoms with E-state index in [1.165, 1.54) is 64.4 Å². The zero-order valence-electron chi connectivity index (χ0n) is 23.5. The lowest BCUT2D eigenvalue weighted by molar-refractivity contribution is 0.466. The van der Waals surface area contributed by atoms with Gasteiger partial charge in [-0.25, -0.2) is 0 Å². The van der Waals surface area contributed by atoms with Gasteiger partial charge in [-0.15, -0.1) is 0 Å². The Bertz CT molecular complexity index is 2490. The average molecular weight is 578 g/mol. The molecule has 3 heterocycles. The minimum Gasteiger partial charge on any atom is -0.457 e. The quantitative estimate of drug-likeness (QED) is 0.154. The molecule has 0 aromatic heterocycles. The van der Waals surface area contributed by atoms with Crippen LogP contribution in [-0.4, -0.2) is 8.07 Å². The maximum atomic E-state index is 7.17. The first-order valence-electron chi connectivity index (χ1n) is 15.1. The molecular weight excluding hydrogens is 555 g/mol. The van der Waals surface area contributed by atoms with Gasteiger partial charge in [0.25, 0.3) is 0 Å². The monoisotopic (exact) mass is 577 g/mol. The number of nitrogens with zero attached hydrogens (tertiary/aromatic N) is 1. The van der Waals surface area contributed by atoms with Gasteiger partial charge in [-0.3, -0.25) is 0 Å². The Balaban J connectivity index is 1.46. The molecule has 44 heavy (non-hydrogen) atoms. The summed E-state index contributed by atoms with van der Waals surface area (Å²) < 4.78 is 14.0. The van der Waals surface area contributed by atoms with Crippen LogP contribution in [0.4, 0.5) is 17.1 Å². The van der Waals surface area contributed by atoms with Gasteiger partial charge in [-0.05, 0) is 63.8 Å². The van der Waals surface area contributed by atoms with Crippen molar-refractivity contribution in [2.24, 2.45) is 0 Å². The molecule has 8 aromatic carbocycles. The summed E-state index contributed by atoms with van der Waals surface area (Å²) in [7, 11) is -2.94. The lowest BCUT2D eigenvalue weighted by Crippen LogP contribution is -2.79. The number of para-hydroxylation sites is 1. The van der Waals surface area contributed by atoms with Crippen LogP contribution < -0.4 is 35.1 Å². The molecule has 0 saturated heterocycles. The molecule has 0 saturated carbocycles. The SMILES string of the molecule is c1ccc(N2c3cccc4c3[Si]3(c5ccccc5)c5c(cccc5Oc5c3c2c2ccc3cccc6ccc5c2c63)O4)cc1. The van der Waals surface area contributed by atoms with Crippen LogP contribution in [0.3, 0.4) is 0 Å². The Hall–Kier alpha value is -5.58. The fourth-order valence-corrected chi connectivity index (χ4v) is 14.0. The molecule has 4 heteroatoms. The Morgan fingerprint density at radius 1 is 0.455 bits per heavy atom. The topological polar surface area (TPSA) is 21.7 Å². The summed E-state index contributed by atoms with van der Waals surface area (Å²) in [6.45, 7) is 0. The zero-order chi connectivity index (χ0) is 28.6. The second-order valence-electron chi connectivity index (χ2n) is 12.0. The predicted molar refractivity (Wildman–Crippen MR) is 182 cm³/mol.